The van der Waals surface area contributed by atoms with Crippen molar-refractivity contribution in [2.45, 2.75) is 18.9 Å². The van der Waals surface area contributed by atoms with Gasteiger partial charge in [0.25, 0.3) is 0 Å². The lowest BCUT2D eigenvalue weighted by molar-refractivity contribution is 0.633. The molecule has 1 aliphatic heterocycles. The third-order valence-corrected chi connectivity index (χ3v) is 2.52. The molecule has 1 aromatic rings. The minimum atomic E-state index is 0.592. The van der Waals surface area contributed by atoms with Crippen molar-refractivity contribution in [2.75, 3.05) is 18.4 Å². The fraction of sp³-hybridized carbons (Fsp3) is 0.833. The van der Waals surface area contributed by atoms with Gasteiger partial charge in [0.05, 0.1) is 0 Å². The quantitative estimate of drug-likeness (QED) is 0.699. The third kappa shape index (κ3) is 1.89. The first-order valence-corrected chi connectivity index (χ1v) is 4.85. The van der Waals surface area contributed by atoms with Gasteiger partial charge in [-0.2, -0.15) is 0 Å². The molecule has 1 atom stereocenters. The molecule has 2 rings (SSSR count). The Hall–Kier alpha value is -0.750. The number of hydrogen-bond donors (Lipinski definition) is 2. The molecule has 1 aliphatic rings. The maximum absolute atomic E-state index is 3.80. The molecule has 0 saturated carbocycles. The van der Waals surface area contributed by atoms with E-state index >= 15 is 0 Å². The van der Waals surface area contributed by atoms with E-state index in [4.69, 9.17) is 0 Å². The Labute approximate surface area is 74.7 Å². The molecule has 0 spiro atoms. The first kappa shape index (κ1) is 7.88. The highest BCUT2D eigenvalue weighted by Crippen LogP contribution is 2.08. The van der Waals surface area contributed by atoms with Gasteiger partial charge in [0.2, 0.25) is 5.13 Å². The summed E-state index contributed by atoms with van der Waals surface area (Å²) in [6.07, 6.45) is 2.53. The van der Waals surface area contributed by atoms with Crippen molar-refractivity contribution in [3.05, 3.63) is 0 Å². The lowest BCUT2D eigenvalue weighted by Gasteiger charge is -2.08. The van der Waals surface area contributed by atoms with Crippen LogP contribution in [0.4, 0.5) is 5.13 Å². The van der Waals surface area contributed by atoms with Crippen LogP contribution in [0.3, 0.4) is 0 Å². The van der Waals surface area contributed by atoms with Crippen molar-refractivity contribution >= 4 is 16.7 Å². The molecular weight excluding hydrogens is 174 g/mol. The van der Waals surface area contributed by atoms with Crippen LogP contribution in [0.15, 0.2) is 0 Å². The molecular formula is C6H11N5S. The van der Waals surface area contributed by atoms with Gasteiger partial charge in [0.1, 0.15) is 0 Å². The number of nitrogens with zero attached hydrogens (tertiary/aromatic N) is 3. The Kier molecular flexibility index (Phi) is 2.48. The van der Waals surface area contributed by atoms with Crippen LogP contribution in [0.2, 0.25) is 0 Å². The Morgan fingerprint density at radius 1 is 1.67 bits per heavy atom. The van der Waals surface area contributed by atoms with Crippen molar-refractivity contribution < 1.29 is 0 Å². The summed E-state index contributed by atoms with van der Waals surface area (Å²) in [5.41, 5.74) is 0. The van der Waals surface area contributed by atoms with Crippen LogP contribution >= 0.6 is 11.5 Å². The molecule has 2 heterocycles. The van der Waals surface area contributed by atoms with Crippen LogP contribution in [0, 0.1) is 0 Å². The van der Waals surface area contributed by atoms with Gasteiger partial charge in [-0.15, -0.1) is 0 Å². The Balaban J connectivity index is 1.74. The molecule has 0 bridgehead atoms. The third-order valence-electron chi connectivity index (χ3n) is 1.96. The SMILES string of the molecule is C1CNC(CNc2nnns2)C1. The van der Waals surface area contributed by atoms with Crippen molar-refractivity contribution in [1.29, 1.82) is 0 Å². The van der Waals surface area contributed by atoms with Crippen molar-refractivity contribution in [1.82, 2.24) is 20.1 Å². The standard InChI is InChI=1S/C6H11N5S/c1-2-5(7-3-1)4-8-6-9-10-11-12-6/h5,7H,1-4H2,(H,8,9,11). The van der Waals surface area contributed by atoms with Crippen molar-refractivity contribution in [3.63, 3.8) is 0 Å². The molecule has 6 heteroatoms. The first-order valence-electron chi connectivity index (χ1n) is 4.07. The Bertz CT molecular complexity index is 218. The van der Waals surface area contributed by atoms with Gasteiger partial charge in [-0.25, -0.2) is 0 Å². The molecule has 1 aromatic heterocycles. The van der Waals surface area contributed by atoms with E-state index in [-0.39, 0.29) is 0 Å². The van der Waals surface area contributed by atoms with Crippen LogP contribution in [0.1, 0.15) is 12.8 Å². The van der Waals surface area contributed by atoms with E-state index in [1.165, 1.54) is 24.4 Å². The number of hydrogen-bond acceptors (Lipinski definition) is 6. The van der Waals surface area contributed by atoms with Gasteiger partial charge in [-0.1, -0.05) is 9.59 Å². The molecule has 1 fully saturated rings. The first-order chi connectivity index (χ1) is 5.95. The van der Waals surface area contributed by atoms with Crippen LogP contribution in [-0.4, -0.2) is 33.9 Å². The molecule has 0 amide bonds. The Morgan fingerprint density at radius 3 is 3.33 bits per heavy atom. The van der Waals surface area contributed by atoms with Gasteiger partial charge < -0.3 is 10.6 Å². The normalized spacial score (nSPS) is 22.8. The highest BCUT2D eigenvalue weighted by molar-refractivity contribution is 7.09. The maximum Gasteiger partial charge on any atom is 0.225 e. The topological polar surface area (TPSA) is 62.7 Å². The predicted octanol–water partition coefficient (Wildman–Crippen LogP) is 0.0970. The van der Waals surface area contributed by atoms with Gasteiger partial charge in [-0.3, -0.25) is 0 Å². The summed E-state index contributed by atoms with van der Waals surface area (Å²) in [6.45, 7) is 2.07. The second-order valence-corrected chi connectivity index (χ2v) is 3.57. The predicted molar refractivity (Wildman–Crippen MR) is 47.2 cm³/mol. The molecule has 12 heavy (non-hydrogen) atoms. The van der Waals surface area contributed by atoms with E-state index in [2.05, 4.69) is 25.4 Å². The summed E-state index contributed by atoms with van der Waals surface area (Å²) < 4.78 is 3.67. The number of aromatic nitrogens is 3. The van der Waals surface area contributed by atoms with E-state index in [1.54, 1.807) is 0 Å². The van der Waals surface area contributed by atoms with E-state index in [0.717, 1.165) is 18.2 Å². The molecule has 0 radical (unpaired) electrons. The lowest BCUT2D eigenvalue weighted by atomic mass is 10.2. The summed E-state index contributed by atoms with van der Waals surface area (Å²) in [7, 11) is 0. The van der Waals surface area contributed by atoms with Gasteiger partial charge in [0.15, 0.2) is 0 Å². The van der Waals surface area contributed by atoms with E-state index in [0.29, 0.717) is 6.04 Å². The van der Waals surface area contributed by atoms with E-state index in [9.17, 15) is 0 Å². The van der Waals surface area contributed by atoms with E-state index in [1.807, 2.05) is 0 Å². The smallest absolute Gasteiger partial charge is 0.225 e. The van der Waals surface area contributed by atoms with Gasteiger partial charge >= 0.3 is 0 Å². The fourth-order valence-corrected chi connectivity index (χ4v) is 1.71. The molecule has 0 aliphatic carbocycles. The molecule has 66 valence electrons. The molecule has 0 aromatic carbocycles. The zero-order chi connectivity index (χ0) is 8.23. The average Bonchev–Trinajstić information content (AvgIpc) is 2.74. The second kappa shape index (κ2) is 3.77. The zero-order valence-electron chi connectivity index (χ0n) is 6.66. The molecule has 1 unspecified atom stereocenters. The van der Waals surface area contributed by atoms with Gasteiger partial charge in [-0.05, 0) is 24.6 Å². The summed E-state index contributed by atoms with van der Waals surface area (Å²) in [6, 6.07) is 0.592. The lowest BCUT2D eigenvalue weighted by Crippen LogP contribution is -2.29. The van der Waals surface area contributed by atoms with Crippen LogP contribution < -0.4 is 10.6 Å². The summed E-state index contributed by atoms with van der Waals surface area (Å²) >= 11 is 1.30. The van der Waals surface area contributed by atoms with Gasteiger partial charge in [0, 0.05) is 24.1 Å². The largest absolute Gasteiger partial charge is 0.357 e. The van der Waals surface area contributed by atoms with Crippen molar-refractivity contribution in [2.24, 2.45) is 0 Å². The summed E-state index contributed by atoms with van der Waals surface area (Å²) in [5, 5.41) is 14.7. The second-order valence-electron chi connectivity index (χ2n) is 2.84. The number of anilines is 1. The minimum Gasteiger partial charge on any atom is -0.357 e. The fourth-order valence-electron chi connectivity index (χ4n) is 1.34. The highest BCUT2D eigenvalue weighted by atomic mass is 32.1. The van der Waals surface area contributed by atoms with Crippen LogP contribution in [0.5, 0.6) is 0 Å². The number of rotatable bonds is 3. The van der Waals surface area contributed by atoms with Crippen molar-refractivity contribution in [3.8, 4) is 0 Å². The Morgan fingerprint density at radius 2 is 2.67 bits per heavy atom. The van der Waals surface area contributed by atoms with Crippen LogP contribution in [-0.2, 0) is 0 Å². The molecule has 1 saturated heterocycles. The summed E-state index contributed by atoms with van der Waals surface area (Å²) in [4.78, 5) is 0. The monoisotopic (exact) mass is 185 g/mol. The maximum atomic E-state index is 3.80. The van der Waals surface area contributed by atoms with Crippen LogP contribution in [0.25, 0.3) is 0 Å². The average molecular weight is 185 g/mol. The minimum absolute atomic E-state index is 0.592. The summed E-state index contributed by atoms with van der Waals surface area (Å²) in [5.74, 6) is 0. The van der Waals surface area contributed by atoms with E-state index < -0.39 is 0 Å². The molecule has 5 nitrogen and oxygen atoms in total. The zero-order valence-corrected chi connectivity index (χ0v) is 7.47. The molecule has 2 N–H and O–H groups in total. The highest BCUT2D eigenvalue weighted by Gasteiger charge is 2.13. The number of nitrogens with one attached hydrogen (secondary N) is 2.